The Morgan fingerprint density at radius 1 is 1.22 bits per heavy atom. The van der Waals surface area contributed by atoms with Crippen LogP contribution >= 0.6 is 15.9 Å². The molecule has 3 amide bonds. The maximum atomic E-state index is 12.8. The predicted octanol–water partition coefficient (Wildman–Crippen LogP) is 3.09. The van der Waals surface area contributed by atoms with Crippen LogP contribution in [0.15, 0.2) is 40.0 Å². The smallest absolute Gasteiger partial charge is 0.319 e. The van der Waals surface area contributed by atoms with E-state index in [-0.39, 0.29) is 18.0 Å². The summed E-state index contributed by atoms with van der Waals surface area (Å²) in [7, 11) is 0. The second-order valence-corrected chi connectivity index (χ2v) is 6.82. The topological polar surface area (TPSA) is 61.4 Å². The molecule has 0 radical (unpaired) electrons. The highest BCUT2D eigenvalue weighted by atomic mass is 79.9. The van der Waals surface area contributed by atoms with E-state index in [4.69, 9.17) is 0 Å². The zero-order chi connectivity index (χ0) is 16.4. The summed E-state index contributed by atoms with van der Waals surface area (Å²) < 4.78 is 0.967. The summed E-state index contributed by atoms with van der Waals surface area (Å²) in [6.45, 7) is 3.38. The number of urea groups is 1. The molecule has 2 aliphatic rings. The molecule has 23 heavy (non-hydrogen) atoms. The molecule has 2 heterocycles. The average molecular weight is 378 g/mol. The predicted molar refractivity (Wildman–Crippen MR) is 91.7 cm³/mol. The summed E-state index contributed by atoms with van der Waals surface area (Å²) in [6.07, 6.45) is 3.22. The molecule has 1 aromatic carbocycles. The third-order valence-electron chi connectivity index (χ3n) is 4.26. The average Bonchev–Trinajstić information content (AvgIpc) is 2.84. The number of carbonyl (C=O) groups excluding carboxylic acids is 2. The lowest BCUT2D eigenvalue weighted by molar-refractivity contribution is -0.125. The lowest BCUT2D eigenvalue weighted by Crippen LogP contribution is -2.44. The first-order chi connectivity index (χ1) is 11.1. The Hall–Kier alpha value is -1.82. The summed E-state index contributed by atoms with van der Waals surface area (Å²) in [4.78, 5) is 26.5. The monoisotopic (exact) mass is 377 g/mol. The van der Waals surface area contributed by atoms with E-state index in [9.17, 15) is 9.59 Å². The molecule has 2 N–H and O–H groups in total. The molecule has 6 heteroatoms. The van der Waals surface area contributed by atoms with E-state index in [0.29, 0.717) is 12.1 Å². The Morgan fingerprint density at radius 2 is 1.96 bits per heavy atom. The van der Waals surface area contributed by atoms with Crippen LogP contribution < -0.4 is 10.6 Å². The third-order valence-corrected chi connectivity index (χ3v) is 4.78. The number of nitrogens with zero attached hydrogens (tertiary/aromatic N) is 1. The molecule has 0 aromatic heterocycles. The number of nitrogens with one attached hydrogen (secondary N) is 2. The molecule has 0 saturated carbocycles. The van der Waals surface area contributed by atoms with Crippen LogP contribution in [0.1, 0.15) is 37.8 Å². The Balaban J connectivity index is 1.84. The number of hydrogen-bond acceptors (Lipinski definition) is 2. The van der Waals surface area contributed by atoms with Crippen molar-refractivity contribution in [1.29, 1.82) is 0 Å². The van der Waals surface area contributed by atoms with Gasteiger partial charge in [-0.2, -0.15) is 0 Å². The highest BCUT2D eigenvalue weighted by Crippen LogP contribution is 2.33. The molecular formula is C17H20BrN3O2. The van der Waals surface area contributed by atoms with Crippen LogP contribution in [0.4, 0.5) is 4.79 Å². The van der Waals surface area contributed by atoms with E-state index in [1.165, 1.54) is 0 Å². The van der Waals surface area contributed by atoms with Crippen LogP contribution in [0.25, 0.3) is 0 Å². The molecule has 3 rings (SSSR count). The quantitative estimate of drug-likeness (QED) is 0.774. The normalized spacial score (nSPS) is 20.4. The summed E-state index contributed by atoms with van der Waals surface area (Å²) in [5, 5.41) is 5.67. The van der Waals surface area contributed by atoms with Crippen LogP contribution in [-0.2, 0) is 4.79 Å². The number of carbonyl (C=O) groups is 2. The van der Waals surface area contributed by atoms with Crippen molar-refractivity contribution in [2.75, 3.05) is 13.1 Å². The number of hydrogen-bond donors (Lipinski definition) is 2. The van der Waals surface area contributed by atoms with Gasteiger partial charge in [0, 0.05) is 11.0 Å². The first kappa shape index (κ1) is 16.1. The third kappa shape index (κ3) is 3.27. The first-order valence-corrected chi connectivity index (χ1v) is 8.74. The second kappa shape index (κ2) is 6.74. The number of unbranched alkanes of at least 4 members (excludes halogenated alkanes) is 2. The van der Waals surface area contributed by atoms with Gasteiger partial charge in [-0.05, 0) is 24.1 Å². The van der Waals surface area contributed by atoms with Gasteiger partial charge in [0.05, 0.1) is 23.9 Å². The zero-order valence-electron chi connectivity index (χ0n) is 13.1. The van der Waals surface area contributed by atoms with Gasteiger partial charge in [0.1, 0.15) is 0 Å². The van der Waals surface area contributed by atoms with Crippen LogP contribution in [0.5, 0.6) is 0 Å². The van der Waals surface area contributed by atoms with Gasteiger partial charge in [-0.25, -0.2) is 4.79 Å². The summed E-state index contributed by atoms with van der Waals surface area (Å²) in [6, 6.07) is 7.07. The van der Waals surface area contributed by atoms with Gasteiger partial charge < -0.3 is 15.5 Å². The van der Waals surface area contributed by atoms with Gasteiger partial charge in [0.25, 0.3) is 5.91 Å². The largest absolute Gasteiger partial charge is 0.333 e. The number of benzene rings is 1. The summed E-state index contributed by atoms with van der Waals surface area (Å²) in [5.41, 5.74) is 2.32. The first-order valence-electron chi connectivity index (χ1n) is 7.95. The lowest BCUT2D eigenvalue weighted by atomic mass is 9.96. The maximum Gasteiger partial charge on any atom is 0.319 e. The fourth-order valence-electron chi connectivity index (χ4n) is 3.07. The fraction of sp³-hybridized carbons (Fsp3) is 0.412. The van der Waals surface area contributed by atoms with Crippen LogP contribution in [0.2, 0.25) is 0 Å². The maximum absolute atomic E-state index is 12.8. The van der Waals surface area contributed by atoms with E-state index in [1.54, 1.807) is 0 Å². The molecule has 1 atom stereocenters. The second-order valence-electron chi connectivity index (χ2n) is 5.91. The Kier molecular flexibility index (Phi) is 4.71. The minimum Gasteiger partial charge on any atom is -0.333 e. The molecular weight excluding hydrogens is 358 g/mol. The van der Waals surface area contributed by atoms with Crippen LogP contribution in [-0.4, -0.2) is 29.9 Å². The zero-order valence-corrected chi connectivity index (χ0v) is 14.6. The molecule has 0 fully saturated rings. The van der Waals surface area contributed by atoms with Crippen molar-refractivity contribution in [2.24, 2.45) is 0 Å². The van der Waals surface area contributed by atoms with Gasteiger partial charge in [0.2, 0.25) is 0 Å². The Morgan fingerprint density at radius 3 is 2.65 bits per heavy atom. The fourth-order valence-corrected chi connectivity index (χ4v) is 3.33. The van der Waals surface area contributed by atoms with Crippen molar-refractivity contribution >= 4 is 27.9 Å². The van der Waals surface area contributed by atoms with E-state index in [2.05, 4.69) is 33.5 Å². The molecule has 0 bridgehead atoms. The molecule has 0 spiro atoms. The molecule has 122 valence electrons. The minimum absolute atomic E-state index is 0.0246. The van der Waals surface area contributed by atoms with Gasteiger partial charge in [-0.1, -0.05) is 47.8 Å². The molecule has 0 unspecified atom stereocenters. The van der Waals surface area contributed by atoms with Crippen molar-refractivity contribution < 1.29 is 9.59 Å². The number of halogens is 1. The van der Waals surface area contributed by atoms with Gasteiger partial charge >= 0.3 is 6.03 Å². The molecule has 2 aliphatic heterocycles. The van der Waals surface area contributed by atoms with E-state index >= 15 is 0 Å². The molecule has 0 saturated heterocycles. The van der Waals surface area contributed by atoms with Gasteiger partial charge in [-0.3, -0.25) is 4.79 Å². The lowest BCUT2D eigenvalue weighted by Gasteiger charge is -2.25. The summed E-state index contributed by atoms with van der Waals surface area (Å²) >= 11 is 3.41. The van der Waals surface area contributed by atoms with Gasteiger partial charge in [-0.15, -0.1) is 0 Å². The van der Waals surface area contributed by atoms with Gasteiger partial charge in [0.15, 0.2) is 0 Å². The van der Waals surface area contributed by atoms with Crippen molar-refractivity contribution in [3.05, 3.63) is 45.6 Å². The Bertz CT molecular complexity index is 654. The number of rotatable bonds is 5. The molecule has 1 aromatic rings. The highest BCUT2D eigenvalue weighted by Gasteiger charge is 2.39. The van der Waals surface area contributed by atoms with Crippen LogP contribution in [0, 0.1) is 0 Å². The highest BCUT2D eigenvalue weighted by molar-refractivity contribution is 9.10. The van der Waals surface area contributed by atoms with Crippen LogP contribution in [0.3, 0.4) is 0 Å². The SMILES string of the molecule is CCCCCN1CC2=C(C1=O)[C@@H](c1ccc(Br)cc1)NC(=O)N2. The number of amides is 3. The van der Waals surface area contributed by atoms with Crippen molar-refractivity contribution in [3.8, 4) is 0 Å². The standard InChI is InChI=1S/C17H20BrN3O2/c1-2-3-4-9-21-10-13-14(16(21)22)15(20-17(23)19-13)11-5-7-12(18)8-6-11/h5-8,15H,2-4,9-10H2,1H3,(H2,19,20,23)/t15-/m1/s1. The summed E-state index contributed by atoms with van der Waals surface area (Å²) in [5.74, 6) is 0.0246. The molecule has 5 nitrogen and oxygen atoms in total. The van der Waals surface area contributed by atoms with Crippen molar-refractivity contribution in [1.82, 2.24) is 15.5 Å². The van der Waals surface area contributed by atoms with Crippen molar-refractivity contribution in [2.45, 2.75) is 32.2 Å². The van der Waals surface area contributed by atoms with Crippen molar-refractivity contribution in [3.63, 3.8) is 0 Å². The minimum atomic E-state index is -0.379. The van der Waals surface area contributed by atoms with E-state index < -0.39 is 0 Å². The molecule has 0 aliphatic carbocycles. The van der Waals surface area contributed by atoms with E-state index in [1.807, 2.05) is 29.2 Å². The van der Waals surface area contributed by atoms with E-state index in [0.717, 1.165) is 41.5 Å². The Labute approximate surface area is 144 Å².